The molecule has 6 heteroatoms. The van der Waals surface area contributed by atoms with Crippen LogP contribution in [0.4, 0.5) is 9.18 Å². The summed E-state index contributed by atoms with van der Waals surface area (Å²) in [5.41, 5.74) is 6.22. The van der Waals surface area contributed by atoms with Crippen LogP contribution in [0.3, 0.4) is 0 Å². The van der Waals surface area contributed by atoms with Crippen LogP contribution < -0.4 is 15.8 Å². The highest BCUT2D eigenvalue weighted by Gasteiger charge is 2.21. The molecule has 3 N–H and O–H groups in total. The van der Waals surface area contributed by atoms with Crippen molar-refractivity contribution < 1.29 is 18.7 Å². The molecule has 124 valence electrons. The van der Waals surface area contributed by atoms with E-state index in [0.29, 0.717) is 11.3 Å². The summed E-state index contributed by atoms with van der Waals surface area (Å²) < 4.78 is 24.5. The molecule has 5 nitrogen and oxygen atoms in total. The second-order valence-electron chi connectivity index (χ2n) is 6.21. The number of hydrogen-bond acceptors (Lipinski definition) is 4. The number of benzene rings is 1. The number of hydrogen-bond donors (Lipinski definition) is 2. The number of halogens is 1. The number of carbonyl (C=O) groups excluding carboxylic acids is 1. The Morgan fingerprint density at radius 2 is 2.05 bits per heavy atom. The van der Waals surface area contributed by atoms with Crippen LogP contribution in [0.1, 0.15) is 31.9 Å². The van der Waals surface area contributed by atoms with Crippen LogP contribution in [0.25, 0.3) is 0 Å². The number of ether oxygens (including phenoxy) is 2. The largest absolute Gasteiger partial charge is 0.496 e. The summed E-state index contributed by atoms with van der Waals surface area (Å²) in [7, 11) is 1.48. The molecule has 1 amide bonds. The summed E-state index contributed by atoms with van der Waals surface area (Å²) in [5, 5.41) is 2.66. The van der Waals surface area contributed by atoms with Crippen molar-refractivity contribution in [1.82, 2.24) is 5.32 Å². The summed E-state index contributed by atoms with van der Waals surface area (Å²) >= 11 is 0. The van der Waals surface area contributed by atoms with Gasteiger partial charge >= 0.3 is 6.09 Å². The van der Waals surface area contributed by atoms with Crippen LogP contribution in [0, 0.1) is 12.7 Å². The molecule has 0 fully saturated rings. The predicted octanol–water partition coefficient (Wildman–Crippen LogP) is 2.54. The first-order valence-electron chi connectivity index (χ1n) is 7.19. The topological polar surface area (TPSA) is 73.6 Å². The molecule has 0 heterocycles. The van der Waals surface area contributed by atoms with E-state index in [1.54, 1.807) is 33.8 Å². The highest BCUT2D eigenvalue weighted by Crippen LogP contribution is 2.25. The zero-order valence-electron chi connectivity index (χ0n) is 13.8. The predicted molar refractivity (Wildman–Crippen MR) is 83.6 cm³/mol. The first kappa shape index (κ1) is 18.2. The van der Waals surface area contributed by atoms with Crippen molar-refractivity contribution in [2.45, 2.75) is 45.8 Å². The Balaban J connectivity index is 2.85. The molecular weight excluding hydrogens is 287 g/mol. The Hall–Kier alpha value is -1.82. The lowest BCUT2D eigenvalue weighted by Crippen LogP contribution is -2.44. The number of alkyl carbamates (subject to hydrolysis) is 1. The number of aryl methyl sites for hydroxylation is 1. The molecule has 0 saturated heterocycles. The maximum atomic E-state index is 14.1. The molecule has 0 aliphatic rings. The van der Waals surface area contributed by atoms with E-state index in [0.717, 1.165) is 5.56 Å². The summed E-state index contributed by atoms with van der Waals surface area (Å²) in [5.74, 6) is 0.0724. The molecular formula is C16H25FN2O3. The minimum atomic E-state index is -0.601. The fourth-order valence-electron chi connectivity index (χ4n) is 2.03. The number of methoxy groups -OCH3 is 1. The van der Waals surface area contributed by atoms with Gasteiger partial charge in [-0.25, -0.2) is 9.18 Å². The SMILES string of the molecule is COc1cc(C)cc(F)c1CC(CN)NC(=O)OC(C)(C)C. The van der Waals surface area contributed by atoms with E-state index in [2.05, 4.69) is 5.32 Å². The molecule has 1 aromatic rings. The minimum Gasteiger partial charge on any atom is -0.496 e. The van der Waals surface area contributed by atoms with Crippen LogP contribution in [0.15, 0.2) is 12.1 Å². The van der Waals surface area contributed by atoms with Crippen molar-refractivity contribution in [2.75, 3.05) is 13.7 Å². The first-order valence-corrected chi connectivity index (χ1v) is 7.19. The normalized spacial score (nSPS) is 12.7. The third-order valence-corrected chi connectivity index (χ3v) is 2.97. The molecule has 0 aliphatic heterocycles. The van der Waals surface area contributed by atoms with Crippen LogP contribution in [-0.4, -0.2) is 31.4 Å². The zero-order chi connectivity index (χ0) is 16.9. The molecule has 0 bridgehead atoms. The van der Waals surface area contributed by atoms with E-state index in [-0.39, 0.29) is 18.8 Å². The molecule has 22 heavy (non-hydrogen) atoms. The second-order valence-corrected chi connectivity index (χ2v) is 6.21. The highest BCUT2D eigenvalue weighted by atomic mass is 19.1. The molecule has 1 atom stereocenters. The monoisotopic (exact) mass is 312 g/mol. The van der Waals surface area contributed by atoms with Gasteiger partial charge in [0.1, 0.15) is 17.2 Å². The zero-order valence-corrected chi connectivity index (χ0v) is 13.8. The van der Waals surface area contributed by atoms with Crippen molar-refractivity contribution in [3.8, 4) is 5.75 Å². The summed E-state index contributed by atoms with van der Waals surface area (Å²) in [6, 6.07) is 2.74. The van der Waals surface area contributed by atoms with Gasteiger partial charge in [-0.3, -0.25) is 0 Å². The van der Waals surface area contributed by atoms with E-state index in [1.807, 2.05) is 0 Å². The van der Waals surface area contributed by atoms with Gasteiger partial charge in [-0.15, -0.1) is 0 Å². The van der Waals surface area contributed by atoms with Crippen LogP contribution in [0.5, 0.6) is 5.75 Å². The molecule has 0 radical (unpaired) electrons. The molecule has 1 rings (SSSR count). The van der Waals surface area contributed by atoms with Gasteiger partial charge in [0.2, 0.25) is 0 Å². The summed E-state index contributed by atoms with van der Waals surface area (Å²) in [4.78, 5) is 11.8. The maximum Gasteiger partial charge on any atom is 0.407 e. The average molecular weight is 312 g/mol. The minimum absolute atomic E-state index is 0.162. The third-order valence-electron chi connectivity index (χ3n) is 2.97. The molecule has 0 spiro atoms. The van der Waals surface area contributed by atoms with E-state index >= 15 is 0 Å². The molecule has 1 unspecified atom stereocenters. The summed E-state index contributed by atoms with van der Waals surface area (Å²) in [6.07, 6.45) is -0.347. The number of carbonyl (C=O) groups is 1. The Morgan fingerprint density at radius 1 is 1.41 bits per heavy atom. The standard InChI is InChI=1S/C16H25FN2O3/c1-10-6-13(17)12(14(7-10)21-5)8-11(9-18)19-15(20)22-16(2,3)4/h6-7,11H,8-9,18H2,1-5H3,(H,19,20). The Kier molecular flexibility index (Phi) is 6.17. The van der Waals surface area contributed by atoms with Gasteiger partial charge in [0.15, 0.2) is 0 Å². The Morgan fingerprint density at radius 3 is 2.55 bits per heavy atom. The van der Waals surface area contributed by atoms with Crippen molar-refractivity contribution in [3.05, 3.63) is 29.1 Å². The van der Waals surface area contributed by atoms with Gasteiger partial charge in [0, 0.05) is 24.6 Å². The Labute approximate surface area is 131 Å². The molecule has 0 aromatic heterocycles. The summed E-state index contributed by atoms with van der Waals surface area (Å²) in [6.45, 7) is 7.26. The number of nitrogens with two attached hydrogens (primary N) is 1. The number of rotatable bonds is 5. The van der Waals surface area contributed by atoms with Crippen molar-refractivity contribution in [2.24, 2.45) is 5.73 Å². The van der Waals surface area contributed by atoms with Gasteiger partial charge in [0.05, 0.1) is 7.11 Å². The maximum absolute atomic E-state index is 14.1. The Bertz CT molecular complexity index is 527. The highest BCUT2D eigenvalue weighted by molar-refractivity contribution is 5.68. The second kappa shape index (κ2) is 7.45. The van der Waals surface area contributed by atoms with Gasteiger partial charge in [0.25, 0.3) is 0 Å². The third kappa shape index (κ3) is 5.52. The fourth-order valence-corrected chi connectivity index (χ4v) is 2.03. The molecule has 0 saturated carbocycles. The smallest absolute Gasteiger partial charge is 0.407 e. The molecule has 1 aromatic carbocycles. The lowest BCUT2D eigenvalue weighted by atomic mass is 10.0. The van der Waals surface area contributed by atoms with Gasteiger partial charge in [-0.2, -0.15) is 0 Å². The van der Waals surface area contributed by atoms with E-state index < -0.39 is 17.7 Å². The lowest BCUT2D eigenvalue weighted by Gasteiger charge is -2.23. The quantitative estimate of drug-likeness (QED) is 0.876. The lowest BCUT2D eigenvalue weighted by molar-refractivity contribution is 0.0505. The van der Waals surface area contributed by atoms with Gasteiger partial charge < -0.3 is 20.5 Å². The number of amides is 1. The van der Waals surface area contributed by atoms with Gasteiger partial charge in [-0.1, -0.05) is 0 Å². The number of nitrogens with one attached hydrogen (secondary N) is 1. The average Bonchev–Trinajstić information content (AvgIpc) is 2.37. The van der Waals surface area contributed by atoms with Crippen LogP contribution in [-0.2, 0) is 11.2 Å². The van der Waals surface area contributed by atoms with Crippen molar-refractivity contribution >= 4 is 6.09 Å². The van der Waals surface area contributed by atoms with Gasteiger partial charge in [-0.05, 0) is 45.4 Å². The van der Waals surface area contributed by atoms with Crippen molar-refractivity contribution in [3.63, 3.8) is 0 Å². The van der Waals surface area contributed by atoms with E-state index in [4.69, 9.17) is 15.2 Å². The fraction of sp³-hybridized carbons (Fsp3) is 0.562. The molecule has 0 aliphatic carbocycles. The van der Waals surface area contributed by atoms with Crippen molar-refractivity contribution in [1.29, 1.82) is 0 Å². The van der Waals surface area contributed by atoms with E-state index in [9.17, 15) is 9.18 Å². The van der Waals surface area contributed by atoms with Crippen LogP contribution in [0.2, 0.25) is 0 Å². The van der Waals surface area contributed by atoms with E-state index in [1.165, 1.54) is 13.2 Å². The van der Waals surface area contributed by atoms with Crippen LogP contribution >= 0.6 is 0 Å². The first-order chi connectivity index (χ1) is 10.2.